The molecule has 0 atom stereocenters. The maximum Gasteiger partial charge on any atom is 0.315 e. The van der Waals surface area contributed by atoms with Crippen LogP contribution in [-0.2, 0) is 9.59 Å². The number of primary amides is 1. The van der Waals surface area contributed by atoms with Crippen molar-refractivity contribution in [1.82, 2.24) is 0 Å². The van der Waals surface area contributed by atoms with Crippen molar-refractivity contribution >= 4 is 17.5 Å². The highest BCUT2D eigenvalue weighted by Crippen LogP contribution is 2.17. The van der Waals surface area contributed by atoms with Crippen molar-refractivity contribution in [3.05, 3.63) is 29.8 Å². The minimum atomic E-state index is -0.948. The van der Waals surface area contributed by atoms with Crippen molar-refractivity contribution < 1.29 is 9.59 Å². The molecule has 0 spiro atoms. The number of hydrogen-bond acceptors (Lipinski definition) is 2. The molecule has 2 N–H and O–H groups in total. The van der Waals surface area contributed by atoms with Gasteiger partial charge in [-0.25, -0.2) is 0 Å². The van der Waals surface area contributed by atoms with E-state index in [0.717, 1.165) is 5.56 Å². The SMILES string of the molecule is Cc1ccccc1N(C)C(=O)C(N)=O. The summed E-state index contributed by atoms with van der Waals surface area (Å²) in [6, 6.07) is 7.28. The lowest BCUT2D eigenvalue weighted by atomic mass is 10.2. The summed E-state index contributed by atoms with van der Waals surface area (Å²) >= 11 is 0. The second-order valence-corrected chi connectivity index (χ2v) is 3.01. The number of aryl methyl sites for hydroxylation is 1. The molecule has 74 valence electrons. The first-order valence-electron chi connectivity index (χ1n) is 4.17. The third-order valence-corrected chi connectivity index (χ3v) is 1.99. The molecule has 1 aromatic carbocycles. The third kappa shape index (κ3) is 1.90. The Kier molecular flexibility index (Phi) is 2.86. The summed E-state index contributed by atoms with van der Waals surface area (Å²) in [6.45, 7) is 1.86. The van der Waals surface area contributed by atoms with Crippen LogP contribution in [0.1, 0.15) is 5.56 Å². The van der Waals surface area contributed by atoms with E-state index in [4.69, 9.17) is 5.73 Å². The van der Waals surface area contributed by atoms with Crippen molar-refractivity contribution in [3.8, 4) is 0 Å². The topological polar surface area (TPSA) is 63.4 Å². The summed E-state index contributed by atoms with van der Waals surface area (Å²) in [5.74, 6) is -1.66. The van der Waals surface area contributed by atoms with Gasteiger partial charge in [0.15, 0.2) is 0 Å². The fraction of sp³-hybridized carbons (Fsp3) is 0.200. The molecule has 0 unspecified atom stereocenters. The van der Waals surface area contributed by atoms with E-state index in [-0.39, 0.29) is 0 Å². The molecular formula is C10H12N2O2. The molecule has 0 saturated heterocycles. The first kappa shape index (κ1) is 10.2. The van der Waals surface area contributed by atoms with Gasteiger partial charge in [-0.05, 0) is 18.6 Å². The van der Waals surface area contributed by atoms with E-state index in [1.165, 1.54) is 11.9 Å². The maximum atomic E-state index is 11.2. The van der Waals surface area contributed by atoms with Crippen LogP contribution in [0, 0.1) is 6.92 Å². The summed E-state index contributed by atoms with van der Waals surface area (Å²) in [7, 11) is 1.52. The molecule has 0 fully saturated rings. The smallest absolute Gasteiger partial charge is 0.315 e. The number of benzene rings is 1. The molecule has 0 aliphatic heterocycles. The number of amides is 2. The first-order valence-corrected chi connectivity index (χ1v) is 4.17. The Hall–Kier alpha value is -1.84. The van der Waals surface area contributed by atoms with Gasteiger partial charge in [-0.1, -0.05) is 18.2 Å². The van der Waals surface area contributed by atoms with Crippen molar-refractivity contribution in [2.24, 2.45) is 5.73 Å². The Bertz CT molecular complexity index is 374. The van der Waals surface area contributed by atoms with Crippen LogP contribution >= 0.6 is 0 Å². The predicted molar refractivity (Wildman–Crippen MR) is 53.8 cm³/mol. The minimum absolute atomic E-state index is 0.691. The van der Waals surface area contributed by atoms with Gasteiger partial charge in [0.25, 0.3) is 0 Å². The highest BCUT2D eigenvalue weighted by atomic mass is 16.2. The fourth-order valence-corrected chi connectivity index (χ4v) is 1.21. The summed E-state index contributed by atoms with van der Waals surface area (Å²) in [6.07, 6.45) is 0. The highest BCUT2D eigenvalue weighted by Gasteiger charge is 2.17. The summed E-state index contributed by atoms with van der Waals surface area (Å²) in [5.41, 5.74) is 6.51. The highest BCUT2D eigenvalue weighted by molar-refractivity contribution is 6.39. The Labute approximate surface area is 82.3 Å². The molecule has 2 amide bonds. The van der Waals surface area contributed by atoms with E-state index in [1.54, 1.807) is 12.1 Å². The molecule has 4 nitrogen and oxygen atoms in total. The molecular weight excluding hydrogens is 180 g/mol. The van der Waals surface area contributed by atoms with Crippen molar-refractivity contribution in [1.29, 1.82) is 0 Å². The lowest BCUT2D eigenvalue weighted by Gasteiger charge is -2.17. The van der Waals surface area contributed by atoms with E-state index in [2.05, 4.69) is 0 Å². The summed E-state index contributed by atoms with van der Waals surface area (Å²) < 4.78 is 0. The van der Waals surface area contributed by atoms with Crippen molar-refractivity contribution in [2.45, 2.75) is 6.92 Å². The normalized spacial score (nSPS) is 9.57. The van der Waals surface area contributed by atoms with Gasteiger partial charge in [0.05, 0.1) is 0 Å². The van der Waals surface area contributed by atoms with Gasteiger partial charge < -0.3 is 10.6 Å². The van der Waals surface area contributed by atoms with Gasteiger partial charge in [-0.3, -0.25) is 9.59 Å². The number of carbonyl (C=O) groups is 2. The predicted octanol–water partition coefficient (Wildman–Crippen LogP) is 0.443. The Morgan fingerprint density at radius 2 is 1.86 bits per heavy atom. The zero-order valence-corrected chi connectivity index (χ0v) is 8.15. The fourth-order valence-electron chi connectivity index (χ4n) is 1.21. The zero-order chi connectivity index (χ0) is 10.7. The standard InChI is InChI=1S/C10H12N2O2/c1-7-5-3-4-6-8(7)12(2)10(14)9(11)13/h3-6H,1-2H3,(H2,11,13). The van der Waals surface area contributed by atoms with Crippen LogP contribution in [0.5, 0.6) is 0 Å². The largest absolute Gasteiger partial charge is 0.361 e. The van der Waals surface area contributed by atoms with Crippen LogP contribution < -0.4 is 10.6 Å². The van der Waals surface area contributed by atoms with Crippen molar-refractivity contribution in [3.63, 3.8) is 0 Å². The number of nitrogens with two attached hydrogens (primary N) is 1. The quantitative estimate of drug-likeness (QED) is 0.656. The molecule has 0 aromatic heterocycles. The molecule has 1 rings (SSSR count). The van der Waals surface area contributed by atoms with Gasteiger partial charge in [0, 0.05) is 12.7 Å². The molecule has 0 aliphatic carbocycles. The molecule has 1 aromatic rings. The maximum absolute atomic E-state index is 11.2. The molecule has 0 radical (unpaired) electrons. The van der Waals surface area contributed by atoms with Crippen LogP contribution in [0.15, 0.2) is 24.3 Å². The summed E-state index contributed by atoms with van der Waals surface area (Å²) in [5, 5.41) is 0. The molecule has 14 heavy (non-hydrogen) atoms. The summed E-state index contributed by atoms with van der Waals surface area (Å²) in [4.78, 5) is 23.2. The number of hydrogen-bond donors (Lipinski definition) is 1. The van der Waals surface area contributed by atoms with Gasteiger partial charge in [-0.15, -0.1) is 0 Å². The Morgan fingerprint density at radius 3 is 2.36 bits per heavy atom. The van der Waals surface area contributed by atoms with E-state index in [9.17, 15) is 9.59 Å². The van der Waals surface area contributed by atoms with Gasteiger partial charge in [0.2, 0.25) is 0 Å². The Morgan fingerprint density at radius 1 is 1.29 bits per heavy atom. The molecule has 0 bridgehead atoms. The van der Waals surface area contributed by atoms with Gasteiger partial charge in [-0.2, -0.15) is 0 Å². The van der Waals surface area contributed by atoms with Gasteiger partial charge in [0.1, 0.15) is 0 Å². The van der Waals surface area contributed by atoms with E-state index in [1.807, 2.05) is 19.1 Å². The average Bonchev–Trinajstić information content (AvgIpc) is 2.16. The Balaban J connectivity index is 3.01. The van der Waals surface area contributed by atoms with Crippen LogP contribution in [0.25, 0.3) is 0 Å². The van der Waals surface area contributed by atoms with Crippen molar-refractivity contribution in [2.75, 3.05) is 11.9 Å². The number of rotatable bonds is 1. The second kappa shape index (κ2) is 3.91. The third-order valence-electron chi connectivity index (χ3n) is 1.99. The molecule has 4 heteroatoms. The zero-order valence-electron chi connectivity index (χ0n) is 8.15. The van der Waals surface area contributed by atoms with Crippen LogP contribution in [0.4, 0.5) is 5.69 Å². The van der Waals surface area contributed by atoms with Crippen LogP contribution in [0.3, 0.4) is 0 Å². The first-order chi connectivity index (χ1) is 6.54. The van der Waals surface area contributed by atoms with Crippen LogP contribution in [-0.4, -0.2) is 18.9 Å². The minimum Gasteiger partial charge on any atom is -0.361 e. The average molecular weight is 192 g/mol. The lowest BCUT2D eigenvalue weighted by Crippen LogP contribution is -2.37. The van der Waals surface area contributed by atoms with E-state index >= 15 is 0 Å². The van der Waals surface area contributed by atoms with Gasteiger partial charge >= 0.3 is 11.8 Å². The van der Waals surface area contributed by atoms with Crippen LogP contribution in [0.2, 0.25) is 0 Å². The number of nitrogens with zero attached hydrogens (tertiary/aromatic N) is 1. The second-order valence-electron chi connectivity index (χ2n) is 3.01. The van der Waals surface area contributed by atoms with E-state index < -0.39 is 11.8 Å². The number of para-hydroxylation sites is 1. The molecule has 0 aliphatic rings. The number of anilines is 1. The molecule has 0 saturated carbocycles. The number of likely N-dealkylation sites (N-methyl/N-ethyl adjacent to an activating group) is 1. The monoisotopic (exact) mass is 192 g/mol. The number of carbonyl (C=O) groups excluding carboxylic acids is 2. The van der Waals surface area contributed by atoms with E-state index in [0.29, 0.717) is 5.69 Å². The molecule has 0 heterocycles. The lowest BCUT2D eigenvalue weighted by molar-refractivity contribution is -0.135.